The molecule has 0 aliphatic rings. The summed E-state index contributed by atoms with van der Waals surface area (Å²) in [5, 5.41) is 16.5. The van der Waals surface area contributed by atoms with Crippen molar-refractivity contribution in [3.8, 4) is 0 Å². The third-order valence-electron chi connectivity index (χ3n) is 0. The average molecular weight is 334 g/mol. The monoisotopic (exact) mass is 334 g/mol. The van der Waals surface area contributed by atoms with Gasteiger partial charge in [0.25, 0.3) is 0 Å². The summed E-state index contributed by atoms with van der Waals surface area (Å²) in [6.45, 7) is 5.28. The quantitative estimate of drug-likeness (QED) is 0.200. The van der Waals surface area contributed by atoms with Gasteiger partial charge in [-0.3, -0.25) is 9.80 Å². The zero-order valence-electron chi connectivity index (χ0n) is 4.69. The Morgan fingerprint density at radius 1 is 1.27 bits per heavy atom. The first kappa shape index (κ1) is 31.7. The molecule has 0 bridgehead atoms. The van der Waals surface area contributed by atoms with E-state index in [0.717, 1.165) is 0 Å². The molecule has 66 valence electrons. The predicted octanol–water partition coefficient (Wildman–Crippen LogP) is -0.293. The van der Waals surface area contributed by atoms with E-state index in [-0.39, 0.29) is 45.1 Å². The maximum atomic E-state index is 8.24. The van der Waals surface area contributed by atoms with Crippen molar-refractivity contribution >= 4 is 12.2 Å². The zero-order valence-corrected chi connectivity index (χ0v) is 7.97. The topological polar surface area (TPSA) is 101 Å². The number of hydrogen-bond donors (Lipinski definition) is 0. The molecule has 11 heavy (non-hydrogen) atoms. The fourth-order valence-corrected chi connectivity index (χ4v) is 0. The van der Waals surface area contributed by atoms with Crippen molar-refractivity contribution in [2.24, 2.45) is 0 Å². The molecule has 0 saturated carbocycles. The Morgan fingerprint density at radius 3 is 1.27 bits per heavy atom. The molecular formula is C3N2O4Rh2-2. The molecule has 0 atom stereocenters. The second-order valence-corrected chi connectivity index (χ2v) is 0.266. The molecule has 2 radical (unpaired) electrons. The van der Waals surface area contributed by atoms with Crippen LogP contribution in [0.25, 0.3) is 10.4 Å². The van der Waals surface area contributed by atoms with Gasteiger partial charge < -0.3 is 10.6 Å². The van der Waals surface area contributed by atoms with E-state index in [4.69, 9.17) is 31.6 Å². The summed E-state index contributed by atoms with van der Waals surface area (Å²) in [7, 11) is 0. The second-order valence-electron chi connectivity index (χ2n) is 0.266. The van der Waals surface area contributed by atoms with Gasteiger partial charge in [-0.05, 0) is 6.08 Å². The first-order valence-corrected chi connectivity index (χ1v) is 1.24. The minimum Gasteiger partial charge on any atom is -0.724 e. The first-order valence-electron chi connectivity index (χ1n) is 1.24. The van der Waals surface area contributed by atoms with E-state index in [2.05, 4.69) is 0 Å². The van der Waals surface area contributed by atoms with Gasteiger partial charge >= 0.3 is 6.15 Å². The summed E-state index contributed by atoms with van der Waals surface area (Å²) >= 11 is 0. The normalized spacial score (nSPS) is 2.09. The van der Waals surface area contributed by atoms with Crippen LogP contribution >= 0.6 is 0 Å². The van der Waals surface area contributed by atoms with Gasteiger partial charge in [-0.2, -0.15) is 9.59 Å². The van der Waals surface area contributed by atoms with Gasteiger partial charge in [-0.15, -0.1) is 0 Å². The standard InChI is InChI=1S/2CNO.CO2.2Rh/c1-2-3;2*2-1-3;;/q2*-1;;;. The molecule has 0 N–H and O–H groups in total. The molecule has 0 fully saturated rings. The van der Waals surface area contributed by atoms with Crippen molar-refractivity contribution in [1.82, 2.24) is 0 Å². The van der Waals surface area contributed by atoms with Crippen LogP contribution in [0.4, 0.5) is 0 Å². The molecule has 0 spiro atoms. The fourth-order valence-electron chi connectivity index (χ4n) is 0. The Balaban J connectivity index is -0.0000000150. The van der Waals surface area contributed by atoms with Gasteiger partial charge in [0, 0.05) is 39.0 Å². The molecule has 0 aromatic heterocycles. The van der Waals surface area contributed by atoms with Crippen LogP contribution < -0.4 is 0 Å². The molecule has 0 heterocycles. The van der Waals surface area contributed by atoms with Crippen LogP contribution in [-0.2, 0) is 53.3 Å². The van der Waals surface area contributed by atoms with Gasteiger partial charge in [-0.25, -0.2) is 6.57 Å². The summed E-state index contributed by atoms with van der Waals surface area (Å²) < 4.78 is 0. The van der Waals surface area contributed by atoms with E-state index in [1.807, 2.05) is 0 Å². The summed E-state index contributed by atoms with van der Waals surface area (Å²) in [5.74, 6) is 0. The SMILES string of the molecule is O=C=O.[C-]#[N+][O-].[N-]=C=O.[Rh].[Rh]. The Hall–Kier alpha value is -0.703. The fraction of sp³-hybridized carbons (Fsp3) is 0. The zero-order chi connectivity index (χ0) is 8.12. The molecule has 6 nitrogen and oxygen atoms in total. The molecule has 0 amide bonds. The van der Waals surface area contributed by atoms with E-state index in [9.17, 15) is 0 Å². The minimum atomic E-state index is 0. The van der Waals surface area contributed by atoms with Crippen LogP contribution in [0.15, 0.2) is 0 Å². The van der Waals surface area contributed by atoms with Crippen LogP contribution in [0.1, 0.15) is 0 Å². The van der Waals surface area contributed by atoms with Gasteiger partial charge in [0.1, 0.15) is 0 Å². The Labute approximate surface area is 87.8 Å². The van der Waals surface area contributed by atoms with Gasteiger partial charge in [-0.1, -0.05) is 0 Å². The largest absolute Gasteiger partial charge is 0.724 e. The molecule has 0 aromatic carbocycles. The number of carbonyl (C=O) groups excluding carboxylic acids is 3. The van der Waals surface area contributed by atoms with Gasteiger partial charge in [0.2, 0.25) is 0 Å². The molecular weight excluding hydrogens is 334 g/mol. The van der Waals surface area contributed by atoms with Crippen LogP contribution in [0.2, 0.25) is 0 Å². The molecule has 8 heteroatoms. The number of rotatable bonds is 0. The Kier molecular flexibility index (Phi) is 350. The molecule has 0 aliphatic carbocycles. The third kappa shape index (κ3) is 1000. The van der Waals surface area contributed by atoms with E-state index < -0.39 is 0 Å². The Morgan fingerprint density at radius 2 is 1.27 bits per heavy atom. The van der Waals surface area contributed by atoms with E-state index in [1.54, 1.807) is 0 Å². The molecule has 0 aliphatic heterocycles. The maximum Gasteiger partial charge on any atom is 0.373 e. The van der Waals surface area contributed by atoms with Crippen molar-refractivity contribution in [3.05, 3.63) is 22.2 Å². The third-order valence-corrected chi connectivity index (χ3v) is 0. The minimum absolute atomic E-state index is 0. The van der Waals surface area contributed by atoms with Gasteiger partial charge in [0.15, 0.2) is 0 Å². The van der Waals surface area contributed by atoms with Crippen LogP contribution in [0.3, 0.4) is 0 Å². The van der Waals surface area contributed by atoms with Crippen LogP contribution in [0, 0.1) is 11.8 Å². The van der Waals surface area contributed by atoms with Gasteiger partial charge in [0.05, 0.1) is 0 Å². The summed E-state index contributed by atoms with van der Waals surface area (Å²) in [6.07, 6.45) is 0.750. The summed E-state index contributed by atoms with van der Waals surface area (Å²) in [4.78, 5) is 24.5. The number of isocyanates is 1. The van der Waals surface area contributed by atoms with Crippen LogP contribution in [0.5, 0.6) is 0 Å². The van der Waals surface area contributed by atoms with Crippen LogP contribution in [-0.4, -0.2) is 12.2 Å². The van der Waals surface area contributed by atoms with E-state index in [0.29, 0.717) is 6.08 Å². The number of nitrogens with zero attached hydrogens (tertiary/aromatic N) is 2. The molecule has 0 unspecified atom stereocenters. The predicted molar refractivity (Wildman–Crippen MR) is 24.0 cm³/mol. The average Bonchev–Trinajstić information content (AvgIpc) is 1.70. The molecule has 0 rings (SSSR count). The van der Waals surface area contributed by atoms with E-state index >= 15 is 0 Å². The number of hydrogen-bond acceptors (Lipinski definition) is 4. The molecule has 0 saturated heterocycles. The first-order chi connectivity index (χ1) is 4.24. The van der Waals surface area contributed by atoms with Crippen molar-refractivity contribution in [2.75, 3.05) is 0 Å². The summed E-state index contributed by atoms with van der Waals surface area (Å²) in [6, 6.07) is 0. The second kappa shape index (κ2) is 121. The van der Waals surface area contributed by atoms with Crippen molar-refractivity contribution < 1.29 is 53.3 Å². The van der Waals surface area contributed by atoms with E-state index in [1.165, 1.54) is 5.01 Å². The maximum absolute atomic E-state index is 8.24. The smallest absolute Gasteiger partial charge is 0.373 e. The van der Waals surface area contributed by atoms with Crippen molar-refractivity contribution in [3.63, 3.8) is 0 Å². The summed E-state index contributed by atoms with van der Waals surface area (Å²) in [5.41, 5.74) is 0. The van der Waals surface area contributed by atoms with Crippen molar-refractivity contribution in [1.29, 1.82) is 0 Å². The van der Waals surface area contributed by atoms with Crippen molar-refractivity contribution in [2.45, 2.75) is 0 Å². The molecule has 0 aromatic rings. The Bertz CT molecular complexity index is 130.